The number of carbonyl (C=O) groups excluding carboxylic acids is 3. The van der Waals surface area contributed by atoms with Crippen LogP contribution in [0.3, 0.4) is 0 Å². The molecule has 1 fully saturated rings. The van der Waals surface area contributed by atoms with Crippen molar-refractivity contribution in [2.45, 2.75) is 25.8 Å². The number of piperazine rings is 1. The van der Waals surface area contributed by atoms with Crippen LogP contribution in [0.5, 0.6) is 0 Å². The van der Waals surface area contributed by atoms with Gasteiger partial charge in [-0.1, -0.05) is 30.0 Å². The van der Waals surface area contributed by atoms with Crippen LogP contribution in [0.1, 0.15) is 31.4 Å². The molecule has 0 bridgehead atoms. The van der Waals surface area contributed by atoms with Crippen LogP contribution < -0.4 is 10.2 Å². The average Bonchev–Trinajstić information content (AvgIpc) is 2.90. The summed E-state index contributed by atoms with van der Waals surface area (Å²) in [6.45, 7) is 3.84. The zero-order valence-corrected chi connectivity index (χ0v) is 21.4. The number of allylic oxidation sites excluding steroid dienone is 1. The van der Waals surface area contributed by atoms with Crippen LogP contribution in [0.2, 0.25) is 0 Å². The molecular formula is C28H29F2N5O3. The minimum atomic E-state index is -1.63. The number of rotatable bonds is 7. The highest BCUT2D eigenvalue weighted by Crippen LogP contribution is 2.31. The van der Waals surface area contributed by atoms with Crippen LogP contribution in [0.4, 0.5) is 19.3 Å². The number of carbonyl (C=O) groups is 3. The van der Waals surface area contributed by atoms with Crippen LogP contribution in [0.15, 0.2) is 54.4 Å². The van der Waals surface area contributed by atoms with Gasteiger partial charge in [0.1, 0.15) is 17.5 Å². The van der Waals surface area contributed by atoms with Gasteiger partial charge in [-0.15, -0.1) is 0 Å². The first kappa shape index (κ1) is 28.1. The van der Waals surface area contributed by atoms with Gasteiger partial charge in [0.15, 0.2) is 11.6 Å². The van der Waals surface area contributed by atoms with Crippen molar-refractivity contribution in [2.75, 3.05) is 31.6 Å². The molecule has 2 aromatic rings. The number of anilines is 1. The molecule has 10 heteroatoms. The van der Waals surface area contributed by atoms with Crippen molar-refractivity contribution in [1.29, 1.82) is 5.41 Å². The first-order chi connectivity index (χ1) is 18.2. The molecule has 3 rings (SSSR count). The van der Waals surface area contributed by atoms with Gasteiger partial charge in [-0.05, 0) is 38.1 Å². The smallest absolute Gasteiger partial charge is 0.325 e. The highest BCUT2D eigenvalue weighted by atomic mass is 19.1. The Labute approximate surface area is 220 Å². The number of benzene rings is 2. The zero-order valence-electron chi connectivity index (χ0n) is 21.4. The first-order valence-corrected chi connectivity index (χ1v) is 12.0. The van der Waals surface area contributed by atoms with E-state index in [9.17, 15) is 14.4 Å². The molecule has 1 aliphatic rings. The third-order valence-corrected chi connectivity index (χ3v) is 6.24. The summed E-state index contributed by atoms with van der Waals surface area (Å²) in [6, 6.07) is 10.2. The SMILES string of the molecule is CCN/C=C(\C=N)N1CCN(C(=O)N(C)c2c(F)cc(C#Cc3ccccc3)cc2F)C(C)(CC=O)C1=O. The van der Waals surface area contributed by atoms with Crippen molar-refractivity contribution in [3.05, 3.63) is 77.1 Å². The van der Waals surface area contributed by atoms with Gasteiger partial charge >= 0.3 is 6.03 Å². The van der Waals surface area contributed by atoms with Crippen LogP contribution in [0.25, 0.3) is 0 Å². The highest BCUT2D eigenvalue weighted by molar-refractivity contribution is 6.01. The predicted octanol–water partition coefficient (Wildman–Crippen LogP) is 3.51. The maximum absolute atomic E-state index is 15.1. The van der Waals surface area contributed by atoms with Gasteiger partial charge < -0.3 is 25.3 Å². The fraction of sp³-hybridized carbons (Fsp3) is 0.286. The van der Waals surface area contributed by atoms with Gasteiger partial charge in [-0.3, -0.25) is 9.69 Å². The number of nitrogens with one attached hydrogen (secondary N) is 2. The number of hydrogen-bond acceptors (Lipinski definition) is 5. The molecule has 38 heavy (non-hydrogen) atoms. The van der Waals surface area contributed by atoms with Gasteiger partial charge in [0.05, 0.1) is 5.70 Å². The Kier molecular flexibility index (Phi) is 8.97. The molecule has 0 radical (unpaired) electrons. The average molecular weight is 522 g/mol. The number of hydrogen-bond donors (Lipinski definition) is 2. The number of amides is 3. The Balaban J connectivity index is 1.91. The lowest BCUT2D eigenvalue weighted by Gasteiger charge is -2.48. The van der Waals surface area contributed by atoms with Crippen molar-refractivity contribution in [3.8, 4) is 11.8 Å². The molecule has 1 aliphatic heterocycles. The Hall–Kier alpha value is -4.52. The molecule has 198 valence electrons. The lowest BCUT2D eigenvalue weighted by molar-refractivity contribution is -0.145. The van der Waals surface area contributed by atoms with Crippen LogP contribution in [-0.2, 0) is 9.59 Å². The van der Waals surface area contributed by atoms with Crippen molar-refractivity contribution in [1.82, 2.24) is 15.1 Å². The Morgan fingerprint density at radius 3 is 2.37 bits per heavy atom. The summed E-state index contributed by atoms with van der Waals surface area (Å²) in [6.07, 6.45) is 2.68. The van der Waals surface area contributed by atoms with E-state index in [-0.39, 0.29) is 30.8 Å². The molecule has 3 amide bonds. The molecule has 1 heterocycles. The largest absolute Gasteiger partial charge is 0.389 e. The molecule has 2 aromatic carbocycles. The number of halogens is 2. The van der Waals surface area contributed by atoms with Crippen LogP contribution in [-0.4, -0.2) is 66.5 Å². The second kappa shape index (κ2) is 12.1. The summed E-state index contributed by atoms with van der Waals surface area (Å²) < 4.78 is 30.1. The van der Waals surface area contributed by atoms with Crippen molar-refractivity contribution >= 4 is 30.1 Å². The van der Waals surface area contributed by atoms with E-state index in [1.54, 1.807) is 24.3 Å². The normalized spacial score (nSPS) is 17.4. The topological polar surface area (TPSA) is 96.8 Å². The second-order valence-electron chi connectivity index (χ2n) is 8.77. The standard InChI is InChI=1S/C28H29F2N5O3/c1-4-32-19-22(18-31)34-13-14-35(28(2,12-15-36)26(34)37)27(38)33(3)25-23(29)16-21(17-24(25)30)11-10-20-8-6-5-7-9-20/h5-9,15-19,31-32H,4,12-14H2,1-3H3/b22-19+,31-18?. The first-order valence-electron chi connectivity index (χ1n) is 12.0. The Bertz CT molecular complexity index is 1300. The van der Waals surface area contributed by atoms with Crippen molar-refractivity contribution < 1.29 is 23.2 Å². The summed E-state index contributed by atoms with van der Waals surface area (Å²) in [5.74, 6) is 2.95. The second-order valence-corrected chi connectivity index (χ2v) is 8.77. The van der Waals surface area contributed by atoms with E-state index in [1.165, 1.54) is 25.1 Å². The molecule has 8 nitrogen and oxygen atoms in total. The van der Waals surface area contributed by atoms with Crippen LogP contribution >= 0.6 is 0 Å². The monoisotopic (exact) mass is 521 g/mol. The lowest BCUT2D eigenvalue weighted by Crippen LogP contribution is -2.67. The third-order valence-electron chi connectivity index (χ3n) is 6.24. The van der Waals surface area contributed by atoms with Gasteiger partial charge in [0.2, 0.25) is 0 Å². The van der Waals surface area contributed by atoms with Gasteiger partial charge in [0.25, 0.3) is 5.91 Å². The molecule has 0 aliphatic carbocycles. The van der Waals surface area contributed by atoms with Gasteiger partial charge in [0, 0.05) is 56.6 Å². The molecular weight excluding hydrogens is 492 g/mol. The van der Waals surface area contributed by atoms with E-state index in [2.05, 4.69) is 17.2 Å². The molecule has 1 atom stereocenters. The summed E-state index contributed by atoms with van der Waals surface area (Å²) in [7, 11) is 1.20. The van der Waals surface area contributed by atoms with Gasteiger partial charge in [-0.2, -0.15) is 0 Å². The molecule has 0 saturated carbocycles. The predicted molar refractivity (Wildman–Crippen MR) is 141 cm³/mol. The number of nitrogens with zero attached hydrogens (tertiary/aromatic N) is 3. The van der Waals surface area contributed by atoms with E-state index in [0.717, 1.165) is 28.1 Å². The van der Waals surface area contributed by atoms with Crippen molar-refractivity contribution in [3.63, 3.8) is 0 Å². The minimum absolute atomic E-state index is 0.0262. The summed E-state index contributed by atoms with van der Waals surface area (Å²) in [5.41, 5.74) is -1.20. The molecule has 1 saturated heterocycles. The minimum Gasteiger partial charge on any atom is -0.389 e. The van der Waals surface area contributed by atoms with E-state index >= 15 is 8.78 Å². The summed E-state index contributed by atoms with van der Waals surface area (Å²) in [4.78, 5) is 41.7. The quantitative estimate of drug-likeness (QED) is 0.331. The zero-order chi connectivity index (χ0) is 27.9. The molecule has 0 spiro atoms. The van der Waals surface area contributed by atoms with E-state index in [1.807, 2.05) is 13.0 Å². The number of urea groups is 1. The van der Waals surface area contributed by atoms with Gasteiger partial charge in [-0.25, -0.2) is 13.6 Å². The van der Waals surface area contributed by atoms with E-state index < -0.39 is 34.8 Å². The summed E-state index contributed by atoms with van der Waals surface area (Å²) >= 11 is 0. The van der Waals surface area contributed by atoms with Crippen LogP contribution in [0, 0.1) is 28.9 Å². The Morgan fingerprint density at radius 2 is 1.79 bits per heavy atom. The lowest BCUT2D eigenvalue weighted by atomic mass is 9.91. The van der Waals surface area contributed by atoms with E-state index in [4.69, 9.17) is 5.41 Å². The summed E-state index contributed by atoms with van der Waals surface area (Å²) in [5, 5.41) is 10.6. The Morgan fingerprint density at radius 1 is 1.16 bits per heavy atom. The molecule has 0 aromatic heterocycles. The maximum Gasteiger partial charge on any atom is 0.325 e. The fourth-order valence-corrected chi connectivity index (χ4v) is 4.17. The maximum atomic E-state index is 15.1. The van der Waals surface area contributed by atoms with Crippen molar-refractivity contribution in [2.24, 2.45) is 0 Å². The third kappa shape index (κ3) is 5.72. The fourth-order valence-electron chi connectivity index (χ4n) is 4.17. The molecule has 1 unspecified atom stereocenters. The highest BCUT2D eigenvalue weighted by Gasteiger charge is 2.49. The number of aldehydes is 1. The molecule has 2 N–H and O–H groups in total. The van der Waals surface area contributed by atoms with E-state index in [0.29, 0.717) is 18.4 Å².